The molecule has 5 heteroatoms. The summed E-state index contributed by atoms with van der Waals surface area (Å²) in [5.41, 5.74) is 0. The topological polar surface area (TPSA) is 58.6 Å². The Morgan fingerprint density at radius 1 is 1.10 bits per heavy atom. The van der Waals surface area contributed by atoms with E-state index in [1.807, 2.05) is 4.90 Å². The molecule has 0 bridgehead atoms. The molecule has 0 aliphatic carbocycles. The number of nitrogens with zero attached hydrogens (tertiary/aromatic N) is 1. The zero-order valence-corrected chi connectivity index (χ0v) is 14.3. The van der Waals surface area contributed by atoms with Crippen molar-refractivity contribution in [1.29, 1.82) is 0 Å². The first-order valence-electron chi connectivity index (χ1n) is 8.00. The number of carbonyl (C=O) groups excluding carboxylic acids is 2. The Morgan fingerprint density at radius 3 is 2.14 bits per heavy atom. The number of esters is 1. The molecule has 0 radical (unpaired) electrons. The lowest BCUT2D eigenvalue weighted by molar-refractivity contribution is -0.143. The van der Waals surface area contributed by atoms with Crippen molar-refractivity contribution in [2.75, 3.05) is 32.8 Å². The standard InChI is InChI=1S/C16H32N2O3/c1-6-21-16(20)8-7-9-17-10-15(19)18(11-13(2)3)12-14(4)5/h13-14,17H,6-12H2,1-5H3. The summed E-state index contributed by atoms with van der Waals surface area (Å²) >= 11 is 0. The average molecular weight is 300 g/mol. The lowest BCUT2D eigenvalue weighted by atomic mass is 10.1. The Kier molecular flexibility index (Phi) is 10.9. The molecule has 0 aromatic rings. The van der Waals surface area contributed by atoms with Crippen LogP contribution in [0.4, 0.5) is 0 Å². The second-order valence-corrected chi connectivity index (χ2v) is 6.17. The molecule has 0 aromatic heterocycles. The molecule has 0 aromatic carbocycles. The zero-order chi connectivity index (χ0) is 16.3. The van der Waals surface area contributed by atoms with E-state index in [1.54, 1.807) is 6.92 Å². The summed E-state index contributed by atoms with van der Waals surface area (Å²) in [6, 6.07) is 0. The second kappa shape index (κ2) is 11.5. The first-order chi connectivity index (χ1) is 9.86. The predicted molar refractivity (Wildman–Crippen MR) is 85.0 cm³/mol. The summed E-state index contributed by atoms with van der Waals surface area (Å²) in [5.74, 6) is 0.897. The van der Waals surface area contributed by atoms with Crippen LogP contribution in [0.5, 0.6) is 0 Å². The maximum Gasteiger partial charge on any atom is 0.305 e. The Balaban J connectivity index is 3.94. The summed E-state index contributed by atoms with van der Waals surface area (Å²) in [6.07, 6.45) is 1.09. The highest BCUT2D eigenvalue weighted by Crippen LogP contribution is 2.04. The van der Waals surface area contributed by atoms with Gasteiger partial charge in [-0.3, -0.25) is 9.59 Å². The van der Waals surface area contributed by atoms with Crippen molar-refractivity contribution in [3.8, 4) is 0 Å². The molecule has 0 aliphatic heterocycles. The number of carbonyl (C=O) groups is 2. The fourth-order valence-corrected chi connectivity index (χ4v) is 2.06. The maximum atomic E-state index is 12.2. The molecule has 0 atom stereocenters. The highest BCUT2D eigenvalue weighted by atomic mass is 16.5. The highest BCUT2D eigenvalue weighted by molar-refractivity contribution is 5.78. The third-order valence-electron chi connectivity index (χ3n) is 2.84. The van der Waals surface area contributed by atoms with Crippen LogP contribution in [0.1, 0.15) is 47.5 Å². The average Bonchev–Trinajstić information content (AvgIpc) is 2.36. The van der Waals surface area contributed by atoms with E-state index in [4.69, 9.17) is 4.74 Å². The molecular formula is C16H32N2O3. The van der Waals surface area contributed by atoms with Crippen molar-refractivity contribution in [2.24, 2.45) is 11.8 Å². The molecular weight excluding hydrogens is 268 g/mol. The van der Waals surface area contributed by atoms with Crippen LogP contribution in [0.15, 0.2) is 0 Å². The molecule has 0 spiro atoms. The van der Waals surface area contributed by atoms with E-state index in [2.05, 4.69) is 33.0 Å². The fraction of sp³-hybridized carbons (Fsp3) is 0.875. The van der Waals surface area contributed by atoms with Crippen molar-refractivity contribution >= 4 is 11.9 Å². The third kappa shape index (κ3) is 11.3. The van der Waals surface area contributed by atoms with E-state index >= 15 is 0 Å². The van der Waals surface area contributed by atoms with E-state index < -0.39 is 0 Å². The van der Waals surface area contributed by atoms with Crippen LogP contribution in [0.3, 0.4) is 0 Å². The quantitative estimate of drug-likeness (QED) is 0.469. The van der Waals surface area contributed by atoms with E-state index in [-0.39, 0.29) is 11.9 Å². The third-order valence-corrected chi connectivity index (χ3v) is 2.84. The Hall–Kier alpha value is -1.10. The summed E-state index contributed by atoms with van der Waals surface area (Å²) < 4.78 is 4.85. The van der Waals surface area contributed by atoms with Gasteiger partial charge in [0, 0.05) is 19.5 Å². The smallest absolute Gasteiger partial charge is 0.305 e. The molecule has 1 N–H and O–H groups in total. The summed E-state index contributed by atoms with van der Waals surface area (Å²) in [4.78, 5) is 25.3. The molecule has 0 rings (SSSR count). The molecule has 0 saturated heterocycles. The lowest BCUT2D eigenvalue weighted by Gasteiger charge is -2.26. The van der Waals surface area contributed by atoms with E-state index in [0.717, 1.165) is 13.1 Å². The fourth-order valence-electron chi connectivity index (χ4n) is 2.06. The van der Waals surface area contributed by atoms with Crippen molar-refractivity contribution in [3.05, 3.63) is 0 Å². The summed E-state index contributed by atoms with van der Waals surface area (Å²) in [5, 5.41) is 3.11. The molecule has 1 amide bonds. The number of rotatable bonds is 11. The number of hydrogen-bond acceptors (Lipinski definition) is 4. The zero-order valence-electron chi connectivity index (χ0n) is 14.3. The molecule has 0 saturated carbocycles. The first kappa shape index (κ1) is 19.9. The van der Waals surface area contributed by atoms with Gasteiger partial charge in [-0.2, -0.15) is 0 Å². The van der Waals surface area contributed by atoms with Gasteiger partial charge in [-0.25, -0.2) is 0 Å². The maximum absolute atomic E-state index is 12.2. The van der Waals surface area contributed by atoms with Gasteiger partial charge in [0.05, 0.1) is 13.2 Å². The first-order valence-corrected chi connectivity index (χ1v) is 8.00. The molecule has 0 fully saturated rings. The van der Waals surface area contributed by atoms with Crippen LogP contribution in [0.25, 0.3) is 0 Å². The summed E-state index contributed by atoms with van der Waals surface area (Å²) in [7, 11) is 0. The van der Waals surface area contributed by atoms with Crippen LogP contribution in [-0.4, -0.2) is 49.6 Å². The molecule has 0 aliphatic rings. The predicted octanol–water partition coefficient (Wildman–Crippen LogP) is 2.06. The Bertz CT molecular complexity index is 294. The monoisotopic (exact) mass is 300 g/mol. The molecule has 0 unspecified atom stereocenters. The number of nitrogens with one attached hydrogen (secondary N) is 1. The van der Waals surface area contributed by atoms with Gasteiger partial charge in [0.25, 0.3) is 0 Å². The van der Waals surface area contributed by atoms with Gasteiger partial charge in [-0.1, -0.05) is 27.7 Å². The van der Waals surface area contributed by atoms with Gasteiger partial charge >= 0.3 is 5.97 Å². The molecule has 21 heavy (non-hydrogen) atoms. The normalized spacial score (nSPS) is 11.0. The molecule has 0 heterocycles. The van der Waals surface area contributed by atoms with Gasteiger partial charge in [0.1, 0.15) is 0 Å². The van der Waals surface area contributed by atoms with Gasteiger partial charge in [-0.05, 0) is 31.7 Å². The van der Waals surface area contributed by atoms with Crippen molar-refractivity contribution in [1.82, 2.24) is 10.2 Å². The van der Waals surface area contributed by atoms with Gasteiger partial charge in [-0.15, -0.1) is 0 Å². The van der Waals surface area contributed by atoms with Gasteiger partial charge in [0.2, 0.25) is 5.91 Å². The van der Waals surface area contributed by atoms with Gasteiger partial charge < -0.3 is 15.0 Å². The number of ether oxygens (including phenoxy) is 1. The lowest BCUT2D eigenvalue weighted by Crippen LogP contribution is -2.42. The number of hydrogen-bond donors (Lipinski definition) is 1. The van der Waals surface area contributed by atoms with Crippen LogP contribution >= 0.6 is 0 Å². The Morgan fingerprint density at radius 2 is 1.67 bits per heavy atom. The van der Waals surface area contributed by atoms with E-state index in [9.17, 15) is 9.59 Å². The SMILES string of the molecule is CCOC(=O)CCCNCC(=O)N(CC(C)C)CC(C)C. The minimum Gasteiger partial charge on any atom is -0.466 e. The van der Waals surface area contributed by atoms with Crippen LogP contribution in [0, 0.1) is 11.8 Å². The second-order valence-electron chi connectivity index (χ2n) is 6.17. The highest BCUT2D eigenvalue weighted by Gasteiger charge is 2.15. The van der Waals surface area contributed by atoms with Crippen molar-refractivity contribution in [2.45, 2.75) is 47.5 Å². The van der Waals surface area contributed by atoms with Crippen molar-refractivity contribution in [3.63, 3.8) is 0 Å². The minimum atomic E-state index is -0.174. The minimum absolute atomic E-state index is 0.133. The van der Waals surface area contributed by atoms with Crippen LogP contribution < -0.4 is 5.32 Å². The Labute approximate surface area is 129 Å². The van der Waals surface area contributed by atoms with Crippen molar-refractivity contribution < 1.29 is 14.3 Å². The van der Waals surface area contributed by atoms with Crippen LogP contribution in [0.2, 0.25) is 0 Å². The van der Waals surface area contributed by atoms with Gasteiger partial charge in [0.15, 0.2) is 0 Å². The van der Waals surface area contributed by atoms with E-state index in [1.165, 1.54) is 0 Å². The number of amides is 1. The molecule has 5 nitrogen and oxygen atoms in total. The molecule has 124 valence electrons. The largest absolute Gasteiger partial charge is 0.466 e. The summed E-state index contributed by atoms with van der Waals surface area (Å²) in [6.45, 7) is 13.3. The van der Waals surface area contributed by atoms with E-state index in [0.29, 0.717) is 44.4 Å². The van der Waals surface area contributed by atoms with Crippen LogP contribution in [-0.2, 0) is 14.3 Å².